The molecule has 6 nitrogen and oxygen atoms in total. The molecule has 0 radical (unpaired) electrons. The highest BCUT2D eigenvalue weighted by Gasteiger charge is 2.29. The Hall–Kier alpha value is -3.31. The molecule has 1 aliphatic rings. The molecule has 39 heavy (non-hydrogen) atoms. The molecule has 0 atom stereocenters. The van der Waals surface area contributed by atoms with Crippen molar-refractivity contribution in [2.45, 2.75) is 0 Å². The number of ketones is 1. The quantitative estimate of drug-likeness (QED) is 0.209. The minimum atomic E-state index is -2.67. The molecule has 0 unspecified atom stereocenters. The maximum Gasteiger partial charge on any atom is 0.215 e. The Morgan fingerprint density at radius 3 is 1.15 bits per heavy atom. The first-order valence-corrected chi connectivity index (χ1v) is 14.8. The second-order valence-corrected chi connectivity index (χ2v) is 13.6. The van der Waals surface area contributed by atoms with Gasteiger partial charge in [0.2, 0.25) is 5.78 Å². The highest BCUT2D eigenvalue weighted by Crippen LogP contribution is 2.47. The van der Waals surface area contributed by atoms with Gasteiger partial charge >= 0.3 is 0 Å². The van der Waals surface area contributed by atoms with Gasteiger partial charge in [-0.1, -0.05) is 59.6 Å². The lowest BCUT2D eigenvalue weighted by molar-refractivity contribution is -0.111. The summed E-state index contributed by atoms with van der Waals surface area (Å²) in [6.07, 6.45) is 3.01. The average Bonchev–Trinajstić information content (AvgIpc) is 2.92. The Kier molecular flexibility index (Phi) is 8.70. The monoisotopic (exact) mass is 579 g/mol. The molecule has 9 heteroatoms. The van der Waals surface area contributed by atoms with Crippen LogP contribution in [0.3, 0.4) is 0 Å². The van der Waals surface area contributed by atoms with Gasteiger partial charge in [-0.25, -0.2) is 0 Å². The molecule has 0 fully saturated rings. The van der Waals surface area contributed by atoms with Crippen molar-refractivity contribution >= 4 is 74.7 Å². The smallest absolute Gasteiger partial charge is 0.215 e. The molecular formula is C30H32Cl2N5OP. The van der Waals surface area contributed by atoms with E-state index in [1.54, 1.807) is 0 Å². The lowest BCUT2D eigenvalue weighted by Crippen LogP contribution is -2.26. The molecule has 0 saturated heterocycles. The second-order valence-electron chi connectivity index (χ2n) is 9.80. The van der Waals surface area contributed by atoms with E-state index in [1.807, 2.05) is 42.3 Å². The summed E-state index contributed by atoms with van der Waals surface area (Å²) < 4.78 is 0. The minimum Gasteiger partial charge on any atom is -0.378 e. The number of allylic oxidation sites excluding steroid dienone is 4. The van der Waals surface area contributed by atoms with E-state index in [2.05, 4.69) is 92.6 Å². The highest BCUT2D eigenvalue weighted by molar-refractivity contribution is 7.87. The van der Waals surface area contributed by atoms with Gasteiger partial charge in [0, 0.05) is 75.3 Å². The molecule has 202 valence electrons. The Bertz CT molecular complexity index is 1350. The predicted molar refractivity (Wildman–Crippen MR) is 171 cm³/mol. The summed E-state index contributed by atoms with van der Waals surface area (Å²) in [5, 5.41) is 7.85. The molecule has 0 saturated carbocycles. The van der Waals surface area contributed by atoms with Gasteiger partial charge in [0.1, 0.15) is 0 Å². The Morgan fingerprint density at radius 2 is 0.872 bits per heavy atom. The van der Waals surface area contributed by atoms with Crippen molar-refractivity contribution in [1.29, 1.82) is 0 Å². The van der Waals surface area contributed by atoms with Crippen LogP contribution < -0.4 is 30.6 Å². The maximum atomic E-state index is 12.1. The summed E-state index contributed by atoms with van der Waals surface area (Å²) in [7, 11) is 9.44. The molecule has 0 heterocycles. The van der Waals surface area contributed by atoms with Crippen molar-refractivity contribution < 1.29 is 4.79 Å². The number of rotatable bonds is 7. The number of anilines is 3. The first-order chi connectivity index (χ1) is 18.5. The SMILES string of the molecule is CN(C)c1ccc(P(=NN=C2C=C(Cl)C(=O)C(Cl)=C2)(c2ccc(N(C)C)cc2)c2ccc(N(C)C)cc2)cc1. The van der Waals surface area contributed by atoms with Crippen molar-refractivity contribution in [2.24, 2.45) is 9.96 Å². The molecular weight excluding hydrogens is 548 g/mol. The van der Waals surface area contributed by atoms with Crippen molar-refractivity contribution in [1.82, 2.24) is 0 Å². The molecule has 0 N–H and O–H groups in total. The zero-order valence-electron chi connectivity index (χ0n) is 22.9. The van der Waals surface area contributed by atoms with E-state index in [1.165, 1.54) is 12.2 Å². The first kappa shape index (κ1) is 28.7. The molecule has 0 spiro atoms. The average molecular weight is 581 g/mol. The molecule has 0 aliphatic heterocycles. The summed E-state index contributed by atoms with van der Waals surface area (Å²) >= 11 is 12.3. The van der Waals surface area contributed by atoms with E-state index < -0.39 is 12.8 Å². The van der Waals surface area contributed by atoms with Crippen LogP contribution in [0.25, 0.3) is 0 Å². The van der Waals surface area contributed by atoms with Crippen LogP contribution in [-0.2, 0) is 4.79 Å². The summed E-state index contributed by atoms with van der Waals surface area (Å²) in [4.78, 5) is 23.5. The van der Waals surface area contributed by atoms with Crippen LogP contribution in [0.2, 0.25) is 0 Å². The van der Waals surface area contributed by atoms with Gasteiger partial charge in [0.15, 0.2) is 0 Å². The third-order valence-corrected chi connectivity index (χ3v) is 10.6. The molecule has 3 aromatic carbocycles. The van der Waals surface area contributed by atoms with Crippen LogP contribution >= 0.6 is 30.3 Å². The van der Waals surface area contributed by atoms with Crippen LogP contribution in [0.1, 0.15) is 0 Å². The van der Waals surface area contributed by atoms with Gasteiger partial charge in [0.05, 0.1) is 22.8 Å². The molecule has 3 aromatic rings. The number of carbonyl (C=O) groups excluding carboxylic acids is 1. The van der Waals surface area contributed by atoms with Crippen molar-refractivity contribution in [3.8, 4) is 0 Å². The third-order valence-electron chi connectivity index (χ3n) is 6.50. The lowest BCUT2D eigenvalue weighted by atomic mass is 10.1. The van der Waals surface area contributed by atoms with Crippen LogP contribution in [0.4, 0.5) is 17.1 Å². The van der Waals surface area contributed by atoms with E-state index in [0.29, 0.717) is 5.71 Å². The van der Waals surface area contributed by atoms with Crippen LogP contribution in [-0.4, -0.2) is 53.8 Å². The summed E-state index contributed by atoms with van der Waals surface area (Å²) in [5.74, 6) is -0.420. The van der Waals surface area contributed by atoms with E-state index in [4.69, 9.17) is 28.1 Å². The number of halogens is 2. The van der Waals surface area contributed by atoms with Crippen molar-refractivity contribution in [2.75, 3.05) is 57.0 Å². The number of carbonyl (C=O) groups is 1. The first-order valence-electron chi connectivity index (χ1n) is 12.3. The summed E-state index contributed by atoms with van der Waals surface area (Å²) in [6.45, 7) is 0. The van der Waals surface area contributed by atoms with Gasteiger partial charge in [-0.3, -0.25) is 4.79 Å². The fourth-order valence-electron chi connectivity index (χ4n) is 4.22. The zero-order chi connectivity index (χ0) is 28.3. The van der Waals surface area contributed by atoms with Gasteiger partial charge in [-0.2, -0.15) is 9.96 Å². The number of Topliss-reactive ketones (excluding diaryl/α,β-unsaturated/α-hetero) is 1. The van der Waals surface area contributed by atoms with E-state index in [9.17, 15) is 4.79 Å². The number of nitrogens with zero attached hydrogens (tertiary/aromatic N) is 5. The fraction of sp³-hybridized carbons (Fsp3) is 0.200. The van der Waals surface area contributed by atoms with Crippen LogP contribution in [0.15, 0.2) is 105 Å². The van der Waals surface area contributed by atoms with Gasteiger partial charge < -0.3 is 14.7 Å². The zero-order valence-corrected chi connectivity index (χ0v) is 25.3. The Labute approximate surface area is 240 Å². The minimum absolute atomic E-state index is 0.0152. The lowest BCUT2D eigenvalue weighted by Gasteiger charge is -2.27. The van der Waals surface area contributed by atoms with Crippen LogP contribution in [0, 0.1) is 0 Å². The third kappa shape index (κ3) is 5.99. The summed E-state index contributed by atoms with van der Waals surface area (Å²) in [5.41, 5.74) is 3.69. The van der Waals surface area contributed by atoms with Gasteiger partial charge in [0.25, 0.3) is 0 Å². The van der Waals surface area contributed by atoms with E-state index in [0.717, 1.165) is 33.0 Å². The van der Waals surface area contributed by atoms with Crippen LogP contribution in [0.5, 0.6) is 0 Å². The predicted octanol–water partition coefficient (Wildman–Crippen LogP) is 5.55. The maximum absolute atomic E-state index is 12.1. The largest absolute Gasteiger partial charge is 0.378 e. The normalized spacial score (nSPS) is 13.4. The Balaban J connectivity index is 2.06. The fourth-order valence-corrected chi connectivity index (χ4v) is 7.88. The molecule has 1 aliphatic carbocycles. The van der Waals surface area contributed by atoms with E-state index in [-0.39, 0.29) is 10.1 Å². The number of benzene rings is 3. The van der Waals surface area contributed by atoms with Crippen molar-refractivity contribution in [3.05, 3.63) is 95.0 Å². The van der Waals surface area contributed by atoms with Gasteiger partial charge in [-0.05, 0) is 48.6 Å². The van der Waals surface area contributed by atoms with E-state index >= 15 is 0 Å². The molecule has 0 bridgehead atoms. The molecule has 4 rings (SSSR count). The standard InChI is InChI=1S/C30H32Cl2N5OP/c1-35(2)22-7-13-25(14-8-22)39(26-15-9-23(10-16-26)36(3)4,27-17-11-24(12-18-27)37(5)6)34-33-21-19-28(31)30(38)29(32)20-21/h7-20H,1-6H3. The number of hydrogen-bond acceptors (Lipinski definition) is 5. The highest BCUT2D eigenvalue weighted by atomic mass is 35.5. The molecule has 0 aromatic heterocycles. The molecule has 0 amide bonds. The summed E-state index contributed by atoms with van der Waals surface area (Å²) in [6, 6.07) is 25.4. The second kappa shape index (κ2) is 11.8. The number of hydrogen-bond donors (Lipinski definition) is 0. The topological polar surface area (TPSA) is 51.5 Å². The van der Waals surface area contributed by atoms with Crippen molar-refractivity contribution in [3.63, 3.8) is 0 Å². The van der Waals surface area contributed by atoms with Gasteiger partial charge in [-0.15, -0.1) is 0 Å². The Morgan fingerprint density at radius 1 is 0.564 bits per heavy atom.